The van der Waals surface area contributed by atoms with Crippen LogP contribution in [0.4, 0.5) is 5.82 Å². The van der Waals surface area contributed by atoms with Gasteiger partial charge in [-0.25, -0.2) is 8.42 Å². The van der Waals surface area contributed by atoms with Crippen LogP contribution in [0.25, 0.3) is 0 Å². The molecule has 0 aliphatic carbocycles. The van der Waals surface area contributed by atoms with Crippen LogP contribution in [0.3, 0.4) is 0 Å². The summed E-state index contributed by atoms with van der Waals surface area (Å²) in [6.07, 6.45) is 1.75. The Morgan fingerprint density at radius 1 is 1.35 bits per heavy atom. The zero-order valence-electron chi connectivity index (χ0n) is 14.6. The van der Waals surface area contributed by atoms with E-state index in [1.165, 1.54) is 35.6 Å². The Bertz CT molecular complexity index is 870. The summed E-state index contributed by atoms with van der Waals surface area (Å²) in [5, 5.41) is 6.28. The molecule has 1 atom stereocenters. The highest BCUT2D eigenvalue weighted by molar-refractivity contribution is 7.89. The minimum Gasteiger partial charge on any atom is -0.377 e. The van der Waals surface area contributed by atoms with E-state index in [1.54, 1.807) is 13.0 Å². The van der Waals surface area contributed by atoms with Crippen LogP contribution in [0.15, 0.2) is 39.8 Å². The van der Waals surface area contributed by atoms with Crippen LogP contribution in [-0.4, -0.2) is 50.1 Å². The van der Waals surface area contributed by atoms with Crippen molar-refractivity contribution >= 4 is 21.7 Å². The Hall–Kier alpha value is -2.23. The highest BCUT2D eigenvalue weighted by Crippen LogP contribution is 2.19. The SMILES string of the molecule is Cc1cc(NC(=O)c2ccc(S(=O)(=O)N(C)C[C@@H]3CCCO3)cc2)no1. The van der Waals surface area contributed by atoms with Crippen LogP contribution in [0.2, 0.25) is 0 Å². The molecule has 1 saturated heterocycles. The summed E-state index contributed by atoms with van der Waals surface area (Å²) >= 11 is 0. The number of benzene rings is 1. The van der Waals surface area contributed by atoms with Crippen LogP contribution >= 0.6 is 0 Å². The molecule has 26 heavy (non-hydrogen) atoms. The molecule has 0 radical (unpaired) electrons. The lowest BCUT2D eigenvalue weighted by molar-refractivity contribution is 0.0979. The third-order valence-corrected chi connectivity index (χ3v) is 6.02. The maximum Gasteiger partial charge on any atom is 0.256 e. The van der Waals surface area contributed by atoms with E-state index in [0.717, 1.165) is 12.8 Å². The molecule has 0 spiro atoms. The molecule has 2 aromatic rings. The van der Waals surface area contributed by atoms with Crippen molar-refractivity contribution in [2.75, 3.05) is 25.5 Å². The first kappa shape index (κ1) is 18.6. The number of carbonyl (C=O) groups excluding carboxylic acids is 1. The number of hydrogen-bond donors (Lipinski definition) is 1. The standard InChI is InChI=1S/C17H21N3O5S/c1-12-10-16(19-25-12)18-17(21)13-5-7-15(8-6-13)26(22,23)20(2)11-14-4-3-9-24-14/h5-8,10,14H,3-4,9,11H2,1-2H3,(H,18,19,21)/t14-/m0/s1. The molecule has 9 heteroatoms. The number of carbonyl (C=O) groups is 1. The van der Waals surface area contributed by atoms with Crippen LogP contribution < -0.4 is 5.32 Å². The fraction of sp³-hybridized carbons (Fsp3) is 0.412. The maximum atomic E-state index is 12.6. The van der Waals surface area contributed by atoms with E-state index in [-0.39, 0.29) is 11.0 Å². The van der Waals surface area contributed by atoms with Crippen molar-refractivity contribution in [3.05, 3.63) is 41.7 Å². The number of rotatable bonds is 6. The van der Waals surface area contributed by atoms with E-state index in [2.05, 4.69) is 10.5 Å². The Balaban J connectivity index is 1.68. The molecule has 1 aromatic heterocycles. The Morgan fingerprint density at radius 2 is 2.08 bits per heavy atom. The number of ether oxygens (including phenoxy) is 1. The molecule has 1 amide bonds. The Morgan fingerprint density at radius 3 is 2.65 bits per heavy atom. The Kier molecular flexibility index (Phi) is 5.40. The van der Waals surface area contributed by atoms with Gasteiger partial charge in [-0.3, -0.25) is 4.79 Å². The van der Waals surface area contributed by atoms with Crippen LogP contribution in [0, 0.1) is 6.92 Å². The first-order valence-corrected chi connectivity index (χ1v) is 9.73. The first-order chi connectivity index (χ1) is 12.4. The minimum atomic E-state index is -3.63. The molecule has 3 rings (SSSR count). The number of nitrogens with one attached hydrogen (secondary N) is 1. The summed E-state index contributed by atoms with van der Waals surface area (Å²) in [4.78, 5) is 12.3. The van der Waals surface area contributed by atoms with Crippen LogP contribution in [0.1, 0.15) is 29.0 Å². The molecule has 8 nitrogen and oxygen atoms in total. The molecule has 1 aliphatic rings. The van der Waals surface area contributed by atoms with Gasteiger partial charge >= 0.3 is 0 Å². The average molecular weight is 379 g/mol. The predicted molar refractivity (Wildman–Crippen MR) is 94.4 cm³/mol. The van der Waals surface area contributed by atoms with E-state index in [9.17, 15) is 13.2 Å². The highest BCUT2D eigenvalue weighted by Gasteiger charge is 2.26. The molecule has 1 N–H and O–H groups in total. The molecular formula is C17H21N3O5S. The van der Waals surface area contributed by atoms with Crippen molar-refractivity contribution < 1.29 is 22.5 Å². The smallest absolute Gasteiger partial charge is 0.256 e. The van der Waals surface area contributed by atoms with Gasteiger partial charge in [0.1, 0.15) is 5.76 Å². The first-order valence-electron chi connectivity index (χ1n) is 8.29. The van der Waals surface area contributed by atoms with E-state index in [1.807, 2.05) is 0 Å². The van der Waals surface area contributed by atoms with Gasteiger partial charge in [-0.05, 0) is 44.0 Å². The molecule has 0 saturated carbocycles. The van der Waals surface area contributed by atoms with Crippen molar-refractivity contribution in [1.29, 1.82) is 0 Å². The summed E-state index contributed by atoms with van der Waals surface area (Å²) in [6.45, 7) is 2.71. The summed E-state index contributed by atoms with van der Waals surface area (Å²) in [6, 6.07) is 7.37. The second kappa shape index (κ2) is 7.56. The lowest BCUT2D eigenvalue weighted by atomic mass is 10.2. The second-order valence-corrected chi connectivity index (χ2v) is 8.27. The predicted octanol–water partition coefficient (Wildman–Crippen LogP) is 2.03. The maximum absolute atomic E-state index is 12.6. The third-order valence-electron chi connectivity index (χ3n) is 4.18. The number of aryl methyl sites for hydroxylation is 1. The van der Waals surface area contributed by atoms with Crippen molar-refractivity contribution in [1.82, 2.24) is 9.46 Å². The van der Waals surface area contributed by atoms with Gasteiger partial charge in [0.05, 0.1) is 11.0 Å². The van der Waals surface area contributed by atoms with Crippen molar-refractivity contribution in [3.8, 4) is 0 Å². The van der Waals surface area contributed by atoms with Gasteiger partial charge in [0.25, 0.3) is 5.91 Å². The van der Waals surface area contributed by atoms with Crippen LogP contribution in [0.5, 0.6) is 0 Å². The average Bonchev–Trinajstić information content (AvgIpc) is 3.26. The van der Waals surface area contributed by atoms with Crippen molar-refractivity contribution in [2.24, 2.45) is 0 Å². The lowest BCUT2D eigenvalue weighted by Gasteiger charge is -2.20. The number of hydrogen-bond acceptors (Lipinski definition) is 6. The van der Waals surface area contributed by atoms with Gasteiger partial charge in [-0.2, -0.15) is 4.31 Å². The third kappa shape index (κ3) is 4.12. The van der Waals surface area contributed by atoms with Gasteiger partial charge in [0.15, 0.2) is 5.82 Å². The number of sulfonamides is 1. The Labute approximate surface area is 152 Å². The van der Waals surface area contributed by atoms with Gasteiger partial charge in [-0.15, -0.1) is 0 Å². The molecule has 1 aliphatic heterocycles. The number of amides is 1. The van der Waals surface area contributed by atoms with Gasteiger partial charge < -0.3 is 14.6 Å². The van der Waals surface area contributed by atoms with E-state index in [0.29, 0.717) is 30.3 Å². The molecule has 0 unspecified atom stereocenters. The highest BCUT2D eigenvalue weighted by atomic mass is 32.2. The van der Waals surface area contributed by atoms with Gasteiger partial charge in [-0.1, -0.05) is 5.16 Å². The minimum absolute atomic E-state index is 0.0641. The quantitative estimate of drug-likeness (QED) is 0.824. The number of aromatic nitrogens is 1. The summed E-state index contributed by atoms with van der Waals surface area (Å²) < 4.78 is 36.9. The van der Waals surface area contributed by atoms with Gasteiger partial charge in [0, 0.05) is 31.8 Å². The van der Waals surface area contributed by atoms with E-state index >= 15 is 0 Å². The molecule has 2 heterocycles. The molecule has 1 aromatic carbocycles. The summed E-state index contributed by atoms with van der Waals surface area (Å²) in [7, 11) is -2.10. The summed E-state index contributed by atoms with van der Waals surface area (Å²) in [5.74, 6) is 0.492. The monoisotopic (exact) mass is 379 g/mol. The molecule has 140 valence electrons. The number of nitrogens with zero attached hydrogens (tertiary/aromatic N) is 2. The van der Waals surface area contributed by atoms with Crippen molar-refractivity contribution in [3.63, 3.8) is 0 Å². The van der Waals surface area contributed by atoms with Gasteiger partial charge in [0.2, 0.25) is 10.0 Å². The largest absolute Gasteiger partial charge is 0.377 e. The zero-order valence-corrected chi connectivity index (χ0v) is 15.5. The molecule has 0 bridgehead atoms. The number of anilines is 1. The normalized spacial score (nSPS) is 17.6. The van der Waals surface area contributed by atoms with Crippen molar-refractivity contribution in [2.45, 2.75) is 30.8 Å². The fourth-order valence-corrected chi connectivity index (χ4v) is 3.95. The lowest BCUT2D eigenvalue weighted by Crippen LogP contribution is -2.34. The van der Waals surface area contributed by atoms with E-state index < -0.39 is 15.9 Å². The fourth-order valence-electron chi connectivity index (χ4n) is 2.75. The summed E-state index contributed by atoms with van der Waals surface area (Å²) in [5.41, 5.74) is 0.325. The number of likely N-dealkylation sites (N-methyl/N-ethyl adjacent to an activating group) is 1. The topological polar surface area (TPSA) is 102 Å². The molecule has 1 fully saturated rings. The molecular weight excluding hydrogens is 358 g/mol. The van der Waals surface area contributed by atoms with Crippen LogP contribution in [-0.2, 0) is 14.8 Å². The second-order valence-electron chi connectivity index (χ2n) is 6.22. The van der Waals surface area contributed by atoms with E-state index in [4.69, 9.17) is 9.26 Å². The zero-order chi connectivity index (χ0) is 18.7.